The maximum Gasteiger partial charge on any atom is 0.356 e. The Hall–Kier alpha value is -3.15. The van der Waals surface area contributed by atoms with E-state index >= 15 is 0 Å². The molecule has 0 aliphatic heterocycles. The zero-order valence-electron chi connectivity index (χ0n) is 11.9. The number of aromatic carboxylic acids is 1. The summed E-state index contributed by atoms with van der Waals surface area (Å²) in [5.74, 6) is -1.38. The van der Waals surface area contributed by atoms with Gasteiger partial charge in [-0.1, -0.05) is 30.4 Å². The van der Waals surface area contributed by atoms with Crippen molar-refractivity contribution in [1.29, 1.82) is 0 Å². The molecule has 0 aliphatic carbocycles. The number of benzene rings is 1. The van der Waals surface area contributed by atoms with Crippen molar-refractivity contribution < 1.29 is 14.7 Å². The van der Waals surface area contributed by atoms with Crippen LogP contribution in [0.3, 0.4) is 0 Å². The molecule has 0 saturated carbocycles. The second kappa shape index (κ2) is 7.03. The van der Waals surface area contributed by atoms with Gasteiger partial charge in [-0.15, -0.1) is 0 Å². The number of carboxylic acids is 1. The minimum Gasteiger partial charge on any atom is -0.476 e. The lowest BCUT2D eigenvalue weighted by atomic mass is 10.2. The highest BCUT2D eigenvalue weighted by molar-refractivity contribution is 6.00. The number of carbonyl (C=O) groups excluding carboxylic acids is 1. The van der Waals surface area contributed by atoms with Crippen LogP contribution in [0.4, 0.5) is 5.69 Å². The Balaban J connectivity index is 2.26. The van der Waals surface area contributed by atoms with Crippen LogP contribution in [0.2, 0.25) is 0 Å². The van der Waals surface area contributed by atoms with Crippen molar-refractivity contribution in [3.05, 3.63) is 66.5 Å². The molecule has 1 heterocycles. The van der Waals surface area contributed by atoms with Gasteiger partial charge in [-0.2, -0.15) is 5.10 Å². The van der Waals surface area contributed by atoms with E-state index in [9.17, 15) is 9.59 Å². The van der Waals surface area contributed by atoms with E-state index in [1.165, 1.54) is 23.0 Å². The summed E-state index contributed by atoms with van der Waals surface area (Å²) < 4.78 is 1.41. The minimum absolute atomic E-state index is 0.0610. The number of hydrogen-bond acceptors (Lipinski definition) is 3. The number of aromatic nitrogens is 2. The van der Waals surface area contributed by atoms with Crippen molar-refractivity contribution in [2.45, 2.75) is 6.92 Å². The number of amides is 1. The van der Waals surface area contributed by atoms with Crippen LogP contribution in [0, 0.1) is 0 Å². The molecule has 0 radical (unpaired) electrons. The first-order valence-corrected chi connectivity index (χ1v) is 6.60. The summed E-state index contributed by atoms with van der Waals surface area (Å²) in [6, 6.07) is 8.41. The topological polar surface area (TPSA) is 84.2 Å². The number of nitrogens with zero attached hydrogens (tertiary/aromatic N) is 2. The van der Waals surface area contributed by atoms with E-state index in [-0.39, 0.29) is 11.6 Å². The molecule has 2 aromatic rings. The third-order valence-corrected chi connectivity index (χ3v) is 2.77. The number of anilines is 1. The molecule has 0 atom stereocenters. The molecule has 1 amide bonds. The number of para-hydroxylation sites is 2. The summed E-state index contributed by atoms with van der Waals surface area (Å²) in [7, 11) is 0. The van der Waals surface area contributed by atoms with Crippen LogP contribution in [0.5, 0.6) is 0 Å². The predicted octanol–water partition coefficient (Wildman–Crippen LogP) is 2.64. The lowest BCUT2D eigenvalue weighted by molar-refractivity contribution is -0.111. The molecule has 0 bridgehead atoms. The SMILES string of the molecule is C/C=C/C=C/C(=O)Nc1ccccc1-n1ccc(C(=O)O)n1. The first-order valence-electron chi connectivity index (χ1n) is 6.60. The van der Waals surface area contributed by atoms with E-state index in [4.69, 9.17) is 5.11 Å². The summed E-state index contributed by atoms with van der Waals surface area (Å²) >= 11 is 0. The fourth-order valence-electron chi connectivity index (χ4n) is 1.78. The normalized spacial score (nSPS) is 11.1. The lowest BCUT2D eigenvalue weighted by Crippen LogP contribution is -2.11. The monoisotopic (exact) mass is 297 g/mol. The average molecular weight is 297 g/mol. The molecule has 0 aliphatic rings. The molecular weight excluding hydrogens is 282 g/mol. The Morgan fingerprint density at radius 3 is 2.68 bits per heavy atom. The molecule has 112 valence electrons. The van der Waals surface area contributed by atoms with E-state index < -0.39 is 5.97 Å². The first kappa shape index (κ1) is 15.2. The average Bonchev–Trinajstić information content (AvgIpc) is 2.98. The quantitative estimate of drug-likeness (QED) is 0.656. The van der Waals surface area contributed by atoms with Crippen molar-refractivity contribution in [2.24, 2.45) is 0 Å². The number of hydrogen-bond donors (Lipinski definition) is 2. The van der Waals surface area contributed by atoms with E-state index in [0.717, 1.165) is 0 Å². The maximum atomic E-state index is 11.8. The standard InChI is InChI=1S/C16H15N3O3/c1-2-3-4-9-15(20)17-12-7-5-6-8-14(12)19-11-10-13(18-19)16(21)22/h2-11H,1H3,(H,17,20)(H,21,22)/b3-2+,9-4+. The molecule has 1 aromatic heterocycles. The van der Waals surface area contributed by atoms with Crippen molar-refractivity contribution in [3.63, 3.8) is 0 Å². The minimum atomic E-state index is -1.10. The molecule has 2 rings (SSSR count). The summed E-state index contributed by atoms with van der Waals surface area (Å²) in [5, 5.41) is 15.6. The Labute approximate surface area is 127 Å². The van der Waals surface area contributed by atoms with Crippen molar-refractivity contribution >= 4 is 17.6 Å². The van der Waals surface area contributed by atoms with Crippen LogP contribution >= 0.6 is 0 Å². The molecule has 0 fully saturated rings. The van der Waals surface area contributed by atoms with Crippen LogP contribution in [0.1, 0.15) is 17.4 Å². The number of nitrogens with one attached hydrogen (secondary N) is 1. The second-order valence-corrected chi connectivity index (χ2v) is 4.34. The summed E-state index contributed by atoms with van der Waals surface area (Å²) in [6.07, 6.45) is 8.13. The van der Waals surface area contributed by atoms with Gasteiger partial charge in [-0.05, 0) is 25.1 Å². The van der Waals surface area contributed by atoms with Crippen LogP contribution in [-0.4, -0.2) is 26.8 Å². The highest BCUT2D eigenvalue weighted by Gasteiger charge is 2.11. The fraction of sp³-hybridized carbons (Fsp3) is 0.0625. The van der Waals surface area contributed by atoms with E-state index in [0.29, 0.717) is 11.4 Å². The zero-order valence-corrected chi connectivity index (χ0v) is 11.9. The third kappa shape index (κ3) is 3.69. The van der Waals surface area contributed by atoms with Gasteiger partial charge in [0.1, 0.15) is 0 Å². The predicted molar refractivity (Wildman–Crippen MR) is 83.1 cm³/mol. The molecule has 1 aromatic carbocycles. The van der Waals surface area contributed by atoms with Gasteiger partial charge >= 0.3 is 5.97 Å². The Kier molecular flexibility index (Phi) is 4.87. The van der Waals surface area contributed by atoms with Crippen LogP contribution in [0.15, 0.2) is 60.8 Å². The van der Waals surface area contributed by atoms with E-state index in [1.807, 2.05) is 13.0 Å². The Morgan fingerprint density at radius 1 is 1.23 bits per heavy atom. The number of rotatable bonds is 5. The Bertz CT molecular complexity index is 745. The lowest BCUT2D eigenvalue weighted by Gasteiger charge is -2.09. The Morgan fingerprint density at radius 2 is 2.00 bits per heavy atom. The molecule has 6 heteroatoms. The summed E-state index contributed by atoms with van der Waals surface area (Å²) in [6.45, 7) is 1.86. The van der Waals surface area contributed by atoms with Gasteiger partial charge in [0.15, 0.2) is 5.69 Å². The van der Waals surface area contributed by atoms with E-state index in [2.05, 4.69) is 10.4 Å². The maximum absolute atomic E-state index is 11.8. The van der Waals surface area contributed by atoms with Crippen LogP contribution in [-0.2, 0) is 4.79 Å². The fourth-order valence-corrected chi connectivity index (χ4v) is 1.78. The molecular formula is C16H15N3O3. The number of carboxylic acid groups (broad SMARTS) is 1. The second-order valence-electron chi connectivity index (χ2n) is 4.34. The molecule has 22 heavy (non-hydrogen) atoms. The molecule has 6 nitrogen and oxygen atoms in total. The summed E-state index contributed by atoms with van der Waals surface area (Å²) in [5.41, 5.74) is 1.06. The van der Waals surface area contributed by atoms with Crippen molar-refractivity contribution in [3.8, 4) is 5.69 Å². The van der Waals surface area contributed by atoms with Gasteiger partial charge in [0.25, 0.3) is 0 Å². The van der Waals surface area contributed by atoms with Crippen molar-refractivity contribution in [2.75, 3.05) is 5.32 Å². The van der Waals surface area contributed by atoms with Gasteiger partial charge in [-0.25, -0.2) is 9.48 Å². The van der Waals surface area contributed by atoms with Crippen molar-refractivity contribution in [1.82, 2.24) is 9.78 Å². The van der Waals surface area contributed by atoms with Gasteiger partial charge in [0.05, 0.1) is 11.4 Å². The molecule has 2 N–H and O–H groups in total. The van der Waals surface area contributed by atoms with E-state index in [1.54, 1.807) is 36.4 Å². The van der Waals surface area contributed by atoms with Gasteiger partial charge < -0.3 is 10.4 Å². The summed E-state index contributed by atoms with van der Waals surface area (Å²) in [4.78, 5) is 22.7. The number of allylic oxidation sites excluding steroid dienone is 3. The van der Waals surface area contributed by atoms with Gasteiger partial charge in [0.2, 0.25) is 5.91 Å². The number of carbonyl (C=O) groups is 2. The third-order valence-electron chi connectivity index (χ3n) is 2.77. The van der Waals surface area contributed by atoms with Gasteiger partial charge in [0, 0.05) is 12.3 Å². The largest absolute Gasteiger partial charge is 0.476 e. The molecule has 0 unspecified atom stereocenters. The van der Waals surface area contributed by atoms with Crippen LogP contribution in [0.25, 0.3) is 5.69 Å². The first-order chi connectivity index (χ1) is 10.6. The van der Waals surface area contributed by atoms with Crippen LogP contribution < -0.4 is 5.32 Å². The molecule has 0 spiro atoms. The highest BCUT2D eigenvalue weighted by Crippen LogP contribution is 2.19. The smallest absolute Gasteiger partial charge is 0.356 e. The highest BCUT2D eigenvalue weighted by atomic mass is 16.4. The molecule has 0 saturated heterocycles. The zero-order chi connectivity index (χ0) is 15.9. The van der Waals surface area contributed by atoms with Gasteiger partial charge in [-0.3, -0.25) is 4.79 Å².